The van der Waals surface area contributed by atoms with Crippen molar-refractivity contribution in [1.82, 2.24) is 20.9 Å². The number of hydrogen-bond donors (Lipinski definition) is 8. The molecule has 0 bridgehead atoms. The Kier molecular flexibility index (Phi) is 25.2. The van der Waals surface area contributed by atoms with Crippen LogP contribution < -0.4 is 39.0 Å². The molecule has 4 amide bonds. The van der Waals surface area contributed by atoms with Gasteiger partial charge in [0.05, 0.1) is 84.7 Å². The van der Waals surface area contributed by atoms with Crippen LogP contribution in [0.1, 0.15) is 31.2 Å². The number of carbonyl (C=O) groups excluding carboxylic acids is 4. The second-order valence-corrected chi connectivity index (χ2v) is 16.6. The van der Waals surface area contributed by atoms with Gasteiger partial charge in [-0.05, 0) is 49.8 Å². The Morgan fingerprint density at radius 1 is 0.745 bits per heavy atom. The fourth-order valence-corrected chi connectivity index (χ4v) is 6.72. The van der Waals surface area contributed by atoms with Crippen molar-refractivity contribution in [2.75, 3.05) is 104 Å². The van der Waals surface area contributed by atoms with E-state index in [1.165, 1.54) is 11.6 Å². The Morgan fingerprint density at radius 2 is 1.22 bits per heavy atom. The number of nitrogens with zero attached hydrogens (tertiary/aromatic N) is 1. The SMILES string of the molecule is CP(=O)(S)OC1CCC(C(=O)Nc2ccc(CC(C(=O)NCCOCCON)N(CC(=O)NCCOCCON)CC(=O)NCCOCCON)cc2)CC1. The van der Waals surface area contributed by atoms with Gasteiger partial charge in [-0.2, -0.15) is 0 Å². The van der Waals surface area contributed by atoms with Crippen molar-refractivity contribution in [2.45, 2.75) is 44.2 Å². The molecule has 0 aliphatic heterocycles. The smallest absolute Gasteiger partial charge is 0.252 e. The Hall–Kier alpha value is -2.76. The van der Waals surface area contributed by atoms with Crippen LogP contribution in [-0.2, 0) is 63.4 Å². The number of nitrogens with one attached hydrogen (secondary N) is 4. The summed E-state index contributed by atoms with van der Waals surface area (Å²) in [5.41, 5.74) is 1.27. The number of amides is 4. The van der Waals surface area contributed by atoms with Crippen LogP contribution in [0.5, 0.6) is 0 Å². The van der Waals surface area contributed by atoms with E-state index in [9.17, 15) is 23.7 Å². The van der Waals surface area contributed by atoms with E-state index in [1.54, 1.807) is 24.3 Å². The molecule has 314 valence electrons. The van der Waals surface area contributed by atoms with Crippen LogP contribution in [0, 0.1) is 5.92 Å². The first-order valence-corrected chi connectivity index (χ1v) is 21.3. The second-order valence-electron chi connectivity index (χ2n) is 12.6. The van der Waals surface area contributed by atoms with Crippen molar-refractivity contribution < 1.29 is 57.0 Å². The highest BCUT2D eigenvalue weighted by Gasteiger charge is 2.31. The Bertz CT molecular complexity index is 1280. The van der Waals surface area contributed by atoms with Gasteiger partial charge in [-0.1, -0.05) is 24.4 Å². The predicted molar refractivity (Wildman–Crippen MR) is 205 cm³/mol. The van der Waals surface area contributed by atoms with Gasteiger partial charge in [0.25, 0.3) is 6.57 Å². The maximum Gasteiger partial charge on any atom is 0.252 e. The van der Waals surface area contributed by atoms with Crippen molar-refractivity contribution in [1.29, 1.82) is 0 Å². The lowest BCUT2D eigenvalue weighted by Crippen LogP contribution is -2.54. The average molecular weight is 823 g/mol. The van der Waals surface area contributed by atoms with Crippen LogP contribution in [-0.4, -0.2) is 140 Å². The van der Waals surface area contributed by atoms with Crippen LogP contribution in [0.4, 0.5) is 5.69 Å². The second kappa shape index (κ2) is 28.6. The van der Waals surface area contributed by atoms with Gasteiger partial charge in [-0.15, -0.1) is 0 Å². The number of benzene rings is 1. The number of hydrogen-bond acceptors (Lipinski definition) is 16. The zero-order chi connectivity index (χ0) is 40.3. The first-order valence-electron chi connectivity index (χ1n) is 18.1. The summed E-state index contributed by atoms with van der Waals surface area (Å²) in [4.78, 5) is 68.0. The zero-order valence-electron chi connectivity index (χ0n) is 31.4. The molecule has 1 aromatic rings. The highest BCUT2D eigenvalue weighted by Crippen LogP contribution is 2.50. The van der Waals surface area contributed by atoms with Gasteiger partial charge < -0.3 is 54.5 Å². The van der Waals surface area contributed by atoms with Gasteiger partial charge >= 0.3 is 0 Å². The van der Waals surface area contributed by atoms with E-state index < -0.39 is 30.3 Å². The van der Waals surface area contributed by atoms with Gasteiger partial charge in [0.2, 0.25) is 23.6 Å². The Balaban J connectivity index is 2.17. The van der Waals surface area contributed by atoms with Gasteiger partial charge in [-0.3, -0.25) is 28.6 Å². The molecule has 1 aliphatic carbocycles. The first kappa shape index (κ1) is 48.4. The van der Waals surface area contributed by atoms with Crippen LogP contribution in [0.25, 0.3) is 0 Å². The standard InChI is InChI=1S/C33H59N8O12PS/c1-54(46,55)53-28-8-4-26(5-9-28)32(44)40-27-6-2-25(3-7-27)22-29(33(45)39-12-15-49-18-21-52-36)41(23-30(42)37-10-13-47-16-19-50-34)24-31(43)38-11-14-48-17-20-51-35/h2-3,6-7,26,28-29H,4-5,8-24,34-36H2,1H3,(H,37,42)(H,38,43)(H,39,45)(H,40,44)(H,46,55). The minimum atomic E-state index is -2.91. The van der Waals surface area contributed by atoms with Gasteiger partial charge in [0, 0.05) is 37.9 Å². The molecule has 0 spiro atoms. The number of rotatable bonds is 30. The molecule has 1 saturated carbocycles. The minimum Gasteiger partial charge on any atom is -0.377 e. The summed E-state index contributed by atoms with van der Waals surface area (Å²) in [7, 11) is 0. The number of ether oxygens (including phenoxy) is 3. The molecule has 0 saturated heterocycles. The molecule has 10 N–H and O–H groups in total. The summed E-state index contributed by atoms with van der Waals surface area (Å²) in [6, 6.07) is 6.02. The largest absolute Gasteiger partial charge is 0.377 e. The maximum atomic E-state index is 13.8. The highest BCUT2D eigenvalue weighted by molar-refractivity contribution is 8.46. The maximum absolute atomic E-state index is 13.8. The van der Waals surface area contributed by atoms with Gasteiger partial charge in [0.1, 0.15) is 0 Å². The van der Waals surface area contributed by atoms with Crippen molar-refractivity contribution in [3.05, 3.63) is 29.8 Å². The molecule has 0 heterocycles. The fraction of sp³-hybridized carbons (Fsp3) is 0.697. The summed E-state index contributed by atoms with van der Waals surface area (Å²) in [5, 5.41) is 11.3. The lowest BCUT2D eigenvalue weighted by atomic mass is 9.87. The Labute approximate surface area is 327 Å². The highest BCUT2D eigenvalue weighted by atomic mass is 32.7. The van der Waals surface area contributed by atoms with Gasteiger partial charge in [-0.25, -0.2) is 17.7 Å². The molecule has 0 aromatic heterocycles. The summed E-state index contributed by atoms with van der Waals surface area (Å²) in [6.07, 6.45) is 2.32. The third kappa shape index (κ3) is 22.5. The summed E-state index contributed by atoms with van der Waals surface area (Å²) >= 11 is 4.01. The van der Waals surface area contributed by atoms with E-state index in [0.29, 0.717) is 36.9 Å². The first-order chi connectivity index (χ1) is 26.4. The molecule has 2 atom stereocenters. The van der Waals surface area contributed by atoms with Crippen LogP contribution >= 0.6 is 18.8 Å². The number of thiol groups is 1. The summed E-state index contributed by atoms with van der Waals surface area (Å²) in [6.45, 7) is 0.279. The quantitative estimate of drug-likeness (QED) is 0.0205. The van der Waals surface area contributed by atoms with Gasteiger partial charge in [0.15, 0.2) is 0 Å². The number of carbonyl (C=O) groups is 4. The lowest BCUT2D eigenvalue weighted by Gasteiger charge is -2.30. The Morgan fingerprint density at radius 3 is 1.67 bits per heavy atom. The molecule has 1 aromatic carbocycles. The molecular formula is C33H59N8O12PS. The average Bonchev–Trinajstić information content (AvgIpc) is 3.14. The third-order valence-electron chi connectivity index (χ3n) is 8.20. The van der Waals surface area contributed by atoms with Crippen molar-refractivity contribution in [2.24, 2.45) is 23.6 Å². The topological polar surface area (TPSA) is 279 Å². The van der Waals surface area contributed by atoms with Crippen LogP contribution in [0.2, 0.25) is 0 Å². The van der Waals surface area contributed by atoms with Crippen LogP contribution in [0.3, 0.4) is 0 Å². The van der Waals surface area contributed by atoms with Crippen molar-refractivity contribution in [3.63, 3.8) is 0 Å². The lowest BCUT2D eigenvalue weighted by molar-refractivity contribution is -0.131. The normalized spacial score (nSPS) is 17.3. The third-order valence-corrected chi connectivity index (χ3v) is 9.17. The predicted octanol–water partition coefficient (Wildman–Crippen LogP) is -0.764. The molecule has 2 rings (SSSR count). The minimum absolute atomic E-state index is 0.114. The number of nitrogens with two attached hydrogens (primary N) is 3. The van der Waals surface area contributed by atoms with E-state index in [0.717, 1.165) is 0 Å². The molecule has 55 heavy (non-hydrogen) atoms. The van der Waals surface area contributed by atoms with E-state index in [1.807, 2.05) is 0 Å². The van der Waals surface area contributed by atoms with Crippen LogP contribution in [0.15, 0.2) is 24.3 Å². The molecule has 2 unspecified atom stereocenters. The summed E-state index contributed by atoms with van der Waals surface area (Å²) in [5.74, 6) is 13.4. The summed E-state index contributed by atoms with van der Waals surface area (Å²) < 4.78 is 33.5. The molecule has 22 heteroatoms. The van der Waals surface area contributed by atoms with E-state index >= 15 is 0 Å². The molecule has 1 fully saturated rings. The monoisotopic (exact) mass is 822 g/mol. The fourth-order valence-electron chi connectivity index (χ4n) is 5.56. The number of anilines is 1. The zero-order valence-corrected chi connectivity index (χ0v) is 33.2. The molecule has 1 aliphatic rings. The molecular weight excluding hydrogens is 763 g/mol. The van der Waals surface area contributed by atoms with Crippen molar-refractivity contribution >= 4 is 48.1 Å². The van der Waals surface area contributed by atoms with E-state index in [2.05, 4.69) is 48.0 Å². The van der Waals surface area contributed by atoms with E-state index in [4.69, 9.17) is 36.4 Å². The van der Waals surface area contributed by atoms with Crippen molar-refractivity contribution in [3.8, 4) is 0 Å². The molecule has 0 radical (unpaired) electrons. The van der Waals surface area contributed by atoms with E-state index in [-0.39, 0.29) is 117 Å². The molecule has 20 nitrogen and oxygen atoms in total.